The van der Waals surface area contributed by atoms with Crippen molar-refractivity contribution in [2.45, 2.75) is 24.3 Å². The van der Waals surface area contributed by atoms with Crippen molar-refractivity contribution in [3.63, 3.8) is 0 Å². The summed E-state index contributed by atoms with van der Waals surface area (Å²) in [6.45, 7) is 1.85. The molecule has 1 aromatic heterocycles. The minimum Gasteiger partial charge on any atom is -0.344 e. The van der Waals surface area contributed by atoms with Crippen LogP contribution in [0.1, 0.15) is 34.2 Å². The summed E-state index contributed by atoms with van der Waals surface area (Å²) >= 11 is 1.84. The molecule has 1 aliphatic rings. The second-order valence-electron chi connectivity index (χ2n) is 4.74. The topological polar surface area (TPSA) is 54.9 Å². The van der Waals surface area contributed by atoms with E-state index in [0.717, 1.165) is 17.9 Å². The van der Waals surface area contributed by atoms with Crippen LogP contribution in [0.5, 0.6) is 0 Å². The van der Waals surface area contributed by atoms with Crippen LogP contribution in [0.4, 0.5) is 0 Å². The van der Waals surface area contributed by atoms with Crippen molar-refractivity contribution in [2.24, 2.45) is 0 Å². The van der Waals surface area contributed by atoms with E-state index in [1.54, 1.807) is 6.20 Å². The van der Waals surface area contributed by atoms with Gasteiger partial charge in [-0.2, -0.15) is 0 Å². The van der Waals surface area contributed by atoms with Gasteiger partial charge in [-0.25, -0.2) is 4.98 Å². The smallest absolute Gasteiger partial charge is 0.271 e. The zero-order valence-electron chi connectivity index (χ0n) is 11.2. The van der Waals surface area contributed by atoms with Crippen molar-refractivity contribution < 1.29 is 4.79 Å². The number of hydrogen-bond acceptors (Lipinski definition) is 4. The van der Waals surface area contributed by atoms with Crippen molar-refractivity contribution in [3.8, 4) is 0 Å². The van der Waals surface area contributed by atoms with E-state index in [0.29, 0.717) is 5.69 Å². The van der Waals surface area contributed by atoms with E-state index in [2.05, 4.69) is 27.4 Å². The molecule has 1 amide bonds. The minimum absolute atomic E-state index is 0.0584. The summed E-state index contributed by atoms with van der Waals surface area (Å²) < 4.78 is 0. The Labute approximate surface area is 122 Å². The predicted molar refractivity (Wildman–Crippen MR) is 78.8 cm³/mol. The largest absolute Gasteiger partial charge is 0.344 e. The highest BCUT2D eigenvalue weighted by molar-refractivity contribution is 7.99. The van der Waals surface area contributed by atoms with Crippen molar-refractivity contribution in [1.82, 2.24) is 15.3 Å². The number of aryl methyl sites for hydroxylation is 1. The normalized spacial score (nSPS) is 17.4. The van der Waals surface area contributed by atoms with Gasteiger partial charge in [0.05, 0.1) is 17.9 Å². The Bertz CT molecular complexity index is 627. The molecule has 2 heterocycles. The van der Waals surface area contributed by atoms with Gasteiger partial charge >= 0.3 is 0 Å². The molecular weight excluding hydrogens is 270 g/mol. The van der Waals surface area contributed by atoms with Crippen molar-refractivity contribution >= 4 is 17.7 Å². The van der Waals surface area contributed by atoms with Gasteiger partial charge in [0, 0.05) is 16.8 Å². The van der Waals surface area contributed by atoms with Gasteiger partial charge in [-0.1, -0.05) is 18.2 Å². The van der Waals surface area contributed by atoms with Crippen molar-refractivity contribution in [1.29, 1.82) is 0 Å². The Kier molecular flexibility index (Phi) is 3.69. The third-order valence-electron chi connectivity index (χ3n) is 3.28. The van der Waals surface area contributed by atoms with Gasteiger partial charge < -0.3 is 5.32 Å². The lowest BCUT2D eigenvalue weighted by molar-refractivity contribution is 0.0929. The molecule has 2 aromatic rings. The van der Waals surface area contributed by atoms with Gasteiger partial charge in [0.2, 0.25) is 0 Å². The highest BCUT2D eigenvalue weighted by atomic mass is 32.2. The van der Waals surface area contributed by atoms with Crippen LogP contribution >= 0.6 is 11.8 Å². The Morgan fingerprint density at radius 2 is 2.15 bits per heavy atom. The van der Waals surface area contributed by atoms with Gasteiger partial charge in [0.15, 0.2) is 0 Å². The van der Waals surface area contributed by atoms with Gasteiger partial charge in [0.1, 0.15) is 5.69 Å². The standard InChI is InChI=1S/C15H15N3OS/c1-10-8-17-13(9-16-10)15(19)18-12-6-7-20-14-5-3-2-4-11(12)14/h2-5,8-9,12H,6-7H2,1H3,(H,18,19)/t12-/m1/s1. The molecular formula is C15H15N3OS. The highest BCUT2D eigenvalue weighted by Crippen LogP contribution is 2.35. The molecule has 0 radical (unpaired) electrons. The van der Waals surface area contributed by atoms with Crippen LogP contribution in [0.3, 0.4) is 0 Å². The summed E-state index contributed by atoms with van der Waals surface area (Å²) in [5.74, 6) is 0.853. The Morgan fingerprint density at radius 3 is 2.95 bits per heavy atom. The summed E-state index contributed by atoms with van der Waals surface area (Å²) in [5, 5.41) is 3.06. The molecule has 0 saturated carbocycles. The van der Waals surface area contributed by atoms with Crippen LogP contribution in [0, 0.1) is 6.92 Å². The van der Waals surface area contributed by atoms with Crippen molar-refractivity contribution in [2.75, 3.05) is 5.75 Å². The van der Waals surface area contributed by atoms with Crippen LogP contribution in [0.25, 0.3) is 0 Å². The monoisotopic (exact) mass is 285 g/mol. The minimum atomic E-state index is -0.163. The number of fused-ring (bicyclic) bond motifs is 1. The average molecular weight is 285 g/mol. The zero-order chi connectivity index (χ0) is 13.9. The molecule has 1 aliphatic heterocycles. The molecule has 20 heavy (non-hydrogen) atoms. The van der Waals surface area contributed by atoms with E-state index in [1.807, 2.05) is 30.8 Å². The molecule has 0 aliphatic carbocycles. The van der Waals surface area contributed by atoms with E-state index < -0.39 is 0 Å². The molecule has 1 aromatic carbocycles. The summed E-state index contributed by atoms with van der Waals surface area (Å²) in [6.07, 6.45) is 4.07. The molecule has 3 rings (SSSR count). The molecule has 4 nitrogen and oxygen atoms in total. The second-order valence-corrected chi connectivity index (χ2v) is 5.88. The average Bonchev–Trinajstić information content (AvgIpc) is 2.48. The quantitative estimate of drug-likeness (QED) is 0.922. The third kappa shape index (κ3) is 2.67. The fourth-order valence-corrected chi connectivity index (χ4v) is 3.36. The molecule has 0 spiro atoms. The Morgan fingerprint density at radius 1 is 1.30 bits per heavy atom. The first-order valence-corrected chi connectivity index (χ1v) is 7.54. The summed E-state index contributed by atoms with van der Waals surface area (Å²) in [5.41, 5.74) is 2.37. The van der Waals surface area contributed by atoms with Crippen LogP contribution in [-0.2, 0) is 0 Å². The molecule has 0 unspecified atom stereocenters. The van der Waals surface area contributed by atoms with Crippen LogP contribution in [-0.4, -0.2) is 21.6 Å². The van der Waals surface area contributed by atoms with Gasteiger partial charge in [0.25, 0.3) is 5.91 Å². The molecule has 1 N–H and O–H groups in total. The summed E-state index contributed by atoms with van der Waals surface area (Å²) in [7, 11) is 0. The lowest BCUT2D eigenvalue weighted by atomic mass is 10.0. The number of rotatable bonds is 2. The Balaban J connectivity index is 1.79. The molecule has 0 fully saturated rings. The summed E-state index contributed by atoms with van der Waals surface area (Å²) in [4.78, 5) is 21.7. The van der Waals surface area contributed by atoms with Gasteiger partial charge in [-0.15, -0.1) is 11.8 Å². The first-order valence-electron chi connectivity index (χ1n) is 6.55. The second kappa shape index (κ2) is 5.63. The van der Waals surface area contributed by atoms with E-state index in [9.17, 15) is 4.79 Å². The Hall–Kier alpha value is -1.88. The number of carbonyl (C=O) groups excluding carboxylic acids is 1. The maximum atomic E-state index is 12.2. The van der Waals surface area contributed by atoms with Crippen LogP contribution in [0.15, 0.2) is 41.6 Å². The fourth-order valence-electron chi connectivity index (χ4n) is 2.23. The number of thioether (sulfide) groups is 1. The van der Waals surface area contributed by atoms with Crippen LogP contribution in [0.2, 0.25) is 0 Å². The number of carbonyl (C=O) groups is 1. The fraction of sp³-hybridized carbons (Fsp3) is 0.267. The number of nitrogens with zero attached hydrogens (tertiary/aromatic N) is 2. The van der Waals surface area contributed by atoms with E-state index in [-0.39, 0.29) is 11.9 Å². The summed E-state index contributed by atoms with van der Waals surface area (Å²) in [6, 6.07) is 8.27. The van der Waals surface area contributed by atoms with Crippen LogP contribution < -0.4 is 5.32 Å². The maximum Gasteiger partial charge on any atom is 0.271 e. The lowest BCUT2D eigenvalue weighted by Crippen LogP contribution is -2.31. The SMILES string of the molecule is Cc1cnc(C(=O)N[C@@H]2CCSc3ccccc32)cn1. The van der Waals surface area contributed by atoms with E-state index in [1.165, 1.54) is 16.7 Å². The number of aromatic nitrogens is 2. The van der Waals surface area contributed by atoms with E-state index in [4.69, 9.17) is 0 Å². The number of nitrogens with one attached hydrogen (secondary N) is 1. The lowest BCUT2D eigenvalue weighted by Gasteiger charge is -2.25. The molecule has 102 valence electrons. The zero-order valence-corrected chi connectivity index (χ0v) is 12.0. The number of amides is 1. The van der Waals surface area contributed by atoms with Crippen molar-refractivity contribution in [3.05, 3.63) is 53.6 Å². The molecule has 0 bridgehead atoms. The maximum absolute atomic E-state index is 12.2. The number of hydrogen-bond donors (Lipinski definition) is 1. The molecule has 5 heteroatoms. The molecule has 1 atom stereocenters. The first-order chi connectivity index (χ1) is 9.74. The first kappa shape index (κ1) is 13.1. The number of benzene rings is 1. The van der Waals surface area contributed by atoms with Gasteiger partial charge in [-0.3, -0.25) is 9.78 Å². The third-order valence-corrected chi connectivity index (χ3v) is 4.40. The highest BCUT2D eigenvalue weighted by Gasteiger charge is 2.22. The molecule has 0 saturated heterocycles. The predicted octanol–water partition coefficient (Wildman–Crippen LogP) is 2.75. The van der Waals surface area contributed by atoms with E-state index >= 15 is 0 Å². The van der Waals surface area contributed by atoms with Gasteiger partial charge in [-0.05, 0) is 25.0 Å².